The van der Waals surface area contributed by atoms with Crippen LogP contribution in [0.3, 0.4) is 0 Å². The molecule has 108 valence electrons. The summed E-state index contributed by atoms with van der Waals surface area (Å²) in [5.74, 6) is 0.860. The zero-order valence-corrected chi connectivity index (χ0v) is 11.7. The van der Waals surface area contributed by atoms with Crippen molar-refractivity contribution in [2.24, 2.45) is 0 Å². The minimum Gasteiger partial charge on any atom is -0.494 e. The molecule has 2 aromatic rings. The molecule has 21 heavy (non-hydrogen) atoms. The Labute approximate surface area is 123 Å². The Morgan fingerprint density at radius 1 is 1.05 bits per heavy atom. The standard InChI is InChI=1S/C17H17NO3/c1-2-21-16-11-7-14(8-12-16)4-3-13-5-9-15(10-6-13)18-17(19)20/h3-12,18H,2H2,1H3,(H,19,20)/b4-3+. The van der Waals surface area contributed by atoms with Crippen molar-refractivity contribution in [3.63, 3.8) is 0 Å². The molecule has 4 heteroatoms. The number of hydrogen-bond donors (Lipinski definition) is 2. The van der Waals surface area contributed by atoms with Crippen LogP contribution in [0, 0.1) is 0 Å². The van der Waals surface area contributed by atoms with E-state index in [1.54, 1.807) is 12.1 Å². The number of rotatable bonds is 5. The predicted molar refractivity (Wildman–Crippen MR) is 84.6 cm³/mol. The van der Waals surface area contributed by atoms with E-state index in [9.17, 15) is 4.79 Å². The first kappa shape index (κ1) is 14.7. The van der Waals surface area contributed by atoms with E-state index in [1.165, 1.54) is 0 Å². The number of nitrogens with one attached hydrogen (secondary N) is 1. The number of carbonyl (C=O) groups is 1. The van der Waals surface area contributed by atoms with E-state index >= 15 is 0 Å². The van der Waals surface area contributed by atoms with Crippen LogP contribution in [0.15, 0.2) is 48.5 Å². The Balaban J connectivity index is 2.01. The van der Waals surface area contributed by atoms with Gasteiger partial charge in [-0.3, -0.25) is 5.32 Å². The molecule has 0 aliphatic heterocycles. The van der Waals surface area contributed by atoms with Crippen LogP contribution in [0.4, 0.5) is 10.5 Å². The summed E-state index contributed by atoms with van der Waals surface area (Å²) in [4.78, 5) is 10.5. The van der Waals surface area contributed by atoms with Crippen molar-refractivity contribution in [1.82, 2.24) is 0 Å². The molecule has 0 fully saturated rings. The van der Waals surface area contributed by atoms with Gasteiger partial charge in [0.05, 0.1) is 6.61 Å². The molecule has 0 saturated carbocycles. The highest BCUT2D eigenvalue weighted by Crippen LogP contribution is 2.15. The van der Waals surface area contributed by atoms with Gasteiger partial charge in [-0.1, -0.05) is 36.4 Å². The van der Waals surface area contributed by atoms with Crippen molar-refractivity contribution >= 4 is 23.9 Å². The molecular formula is C17H17NO3. The number of anilines is 1. The van der Waals surface area contributed by atoms with Crippen molar-refractivity contribution < 1.29 is 14.6 Å². The van der Waals surface area contributed by atoms with Crippen LogP contribution in [-0.4, -0.2) is 17.8 Å². The third kappa shape index (κ3) is 4.69. The van der Waals surface area contributed by atoms with Gasteiger partial charge in [-0.15, -0.1) is 0 Å². The third-order valence-corrected chi connectivity index (χ3v) is 2.82. The van der Waals surface area contributed by atoms with Crippen molar-refractivity contribution in [3.8, 4) is 5.75 Å². The maximum absolute atomic E-state index is 10.5. The quantitative estimate of drug-likeness (QED) is 0.802. The molecule has 4 nitrogen and oxygen atoms in total. The van der Waals surface area contributed by atoms with E-state index in [0.717, 1.165) is 16.9 Å². The topological polar surface area (TPSA) is 58.6 Å². The number of hydrogen-bond acceptors (Lipinski definition) is 2. The lowest BCUT2D eigenvalue weighted by Gasteiger charge is -2.02. The maximum Gasteiger partial charge on any atom is 0.409 e. The molecule has 0 radical (unpaired) electrons. The highest BCUT2D eigenvalue weighted by molar-refractivity contribution is 5.83. The fraction of sp³-hybridized carbons (Fsp3) is 0.118. The number of amides is 1. The summed E-state index contributed by atoms with van der Waals surface area (Å²) in [7, 11) is 0. The Morgan fingerprint density at radius 3 is 2.05 bits per heavy atom. The van der Waals surface area contributed by atoms with Crippen LogP contribution in [0.1, 0.15) is 18.1 Å². The van der Waals surface area contributed by atoms with E-state index in [4.69, 9.17) is 9.84 Å². The molecule has 2 rings (SSSR count). The SMILES string of the molecule is CCOc1ccc(/C=C/c2ccc(NC(=O)O)cc2)cc1. The Hall–Kier alpha value is -2.75. The predicted octanol–water partition coefficient (Wildman–Crippen LogP) is 4.35. The Bertz CT molecular complexity index is 615. The summed E-state index contributed by atoms with van der Waals surface area (Å²) in [6.45, 7) is 2.61. The zero-order valence-electron chi connectivity index (χ0n) is 11.7. The molecule has 0 unspecified atom stereocenters. The van der Waals surface area contributed by atoms with Crippen LogP contribution in [0.2, 0.25) is 0 Å². The normalized spacial score (nSPS) is 10.5. The van der Waals surface area contributed by atoms with E-state index in [-0.39, 0.29) is 0 Å². The lowest BCUT2D eigenvalue weighted by atomic mass is 10.1. The lowest BCUT2D eigenvalue weighted by molar-refractivity contribution is 0.210. The third-order valence-electron chi connectivity index (χ3n) is 2.82. The van der Waals surface area contributed by atoms with Crippen LogP contribution < -0.4 is 10.1 Å². The molecule has 0 heterocycles. The molecular weight excluding hydrogens is 266 g/mol. The van der Waals surface area contributed by atoms with E-state index in [1.807, 2.05) is 55.5 Å². The molecule has 0 aliphatic rings. The van der Waals surface area contributed by atoms with Gasteiger partial charge in [0.25, 0.3) is 0 Å². The lowest BCUT2D eigenvalue weighted by Crippen LogP contribution is -2.06. The first-order chi connectivity index (χ1) is 10.2. The average molecular weight is 283 g/mol. The van der Waals surface area contributed by atoms with Crippen molar-refractivity contribution in [1.29, 1.82) is 0 Å². The fourth-order valence-electron chi connectivity index (χ4n) is 1.84. The van der Waals surface area contributed by atoms with E-state index < -0.39 is 6.09 Å². The Kier molecular flexibility index (Phi) is 4.99. The van der Waals surface area contributed by atoms with Gasteiger partial charge in [0, 0.05) is 5.69 Å². The largest absolute Gasteiger partial charge is 0.494 e. The van der Waals surface area contributed by atoms with E-state index in [0.29, 0.717) is 12.3 Å². The smallest absolute Gasteiger partial charge is 0.409 e. The van der Waals surface area contributed by atoms with Gasteiger partial charge in [0.1, 0.15) is 5.75 Å². The first-order valence-corrected chi connectivity index (χ1v) is 6.68. The summed E-state index contributed by atoms with van der Waals surface area (Å²) >= 11 is 0. The summed E-state index contributed by atoms with van der Waals surface area (Å²) < 4.78 is 5.39. The summed E-state index contributed by atoms with van der Waals surface area (Å²) in [6.07, 6.45) is 2.91. The van der Waals surface area contributed by atoms with Crippen molar-refractivity contribution in [2.75, 3.05) is 11.9 Å². The van der Waals surface area contributed by atoms with Gasteiger partial charge in [0.2, 0.25) is 0 Å². The fourth-order valence-corrected chi connectivity index (χ4v) is 1.84. The minimum absolute atomic E-state index is 0.556. The second-order valence-corrected chi connectivity index (χ2v) is 4.39. The average Bonchev–Trinajstić information content (AvgIpc) is 2.48. The van der Waals surface area contributed by atoms with Crippen molar-refractivity contribution in [3.05, 3.63) is 59.7 Å². The monoisotopic (exact) mass is 283 g/mol. The molecule has 0 spiro atoms. The highest BCUT2D eigenvalue weighted by Gasteiger charge is 1.96. The molecule has 2 N–H and O–H groups in total. The van der Waals surface area contributed by atoms with E-state index in [2.05, 4.69) is 5.32 Å². The summed E-state index contributed by atoms with van der Waals surface area (Å²) in [5, 5.41) is 10.9. The Morgan fingerprint density at radius 2 is 1.57 bits per heavy atom. The van der Waals surface area contributed by atoms with Gasteiger partial charge in [-0.25, -0.2) is 4.79 Å². The van der Waals surface area contributed by atoms with Crippen LogP contribution in [0.5, 0.6) is 5.75 Å². The molecule has 0 atom stereocenters. The molecule has 0 aromatic heterocycles. The molecule has 2 aromatic carbocycles. The second-order valence-electron chi connectivity index (χ2n) is 4.39. The molecule has 1 amide bonds. The van der Waals surface area contributed by atoms with Gasteiger partial charge in [-0.2, -0.15) is 0 Å². The van der Waals surface area contributed by atoms with Gasteiger partial charge in [0.15, 0.2) is 0 Å². The summed E-state index contributed by atoms with van der Waals surface area (Å²) in [5.41, 5.74) is 2.63. The number of benzene rings is 2. The minimum atomic E-state index is -1.06. The highest BCUT2D eigenvalue weighted by atomic mass is 16.5. The van der Waals surface area contributed by atoms with Gasteiger partial charge >= 0.3 is 6.09 Å². The number of carboxylic acid groups (broad SMARTS) is 1. The first-order valence-electron chi connectivity index (χ1n) is 6.68. The van der Waals surface area contributed by atoms with Crippen LogP contribution in [-0.2, 0) is 0 Å². The maximum atomic E-state index is 10.5. The van der Waals surface area contributed by atoms with Crippen LogP contribution >= 0.6 is 0 Å². The van der Waals surface area contributed by atoms with Gasteiger partial charge < -0.3 is 9.84 Å². The van der Waals surface area contributed by atoms with Crippen molar-refractivity contribution in [2.45, 2.75) is 6.92 Å². The van der Waals surface area contributed by atoms with Gasteiger partial charge in [-0.05, 0) is 42.3 Å². The second kappa shape index (κ2) is 7.14. The van der Waals surface area contributed by atoms with Crippen LogP contribution in [0.25, 0.3) is 12.2 Å². The molecule has 0 aliphatic carbocycles. The summed E-state index contributed by atoms with van der Waals surface area (Å²) in [6, 6.07) is 15.0. The zero-order chi connectivity index (χ0) is 15.1. The molecule has 0 saturated heterocycles. The molecule has 0 bridgehead atoms. The number of ether oxygens (including phenoxy) is 1.